The molecule has 5 nitrogen and oxygen atoms in total. The molecule has 5 heteroatoms. The fourth-order valence-corrected chi connectivity index (χ4v) is 12.8. The average Bonchev–Trinajstić information content (AvgIpc) is 3.51. The third-order valence-corrected chi connectivity index (χ3v) is 18.7. The molecule has 0 spiro atoms. The Hall–Kier alpha value is -1.30. The Morgan fingerprint density at radius 2 is 0.512 bits per heavy atom. The molecule has 0 bridgehead atoms. The van der Waals surface area contributed by atoms with Gasteiger partial charge in [0.05, 0.1) is 19.8 Å². The number of unbranched alkanes of at least 4 members (excludes halogenated alkanes) is 50. The molecule has 0 heterocycles. The normalized spacial score (nSPS) is 12.4. The summed E-state index contributed by atoms with van der Waals surface area (Å²) in [7, 11) is 0. The van der Waals surface area contributed by atoms with Crippen molar-refractivity contribution in [3.63, 3.8) is 0 Å². The molecule has 0 aliphatic rings. The number of ether oxygens (including phenoxy) is 4. The summed E-state index contributed by atoms with van der Waals surface area (Å²) in [6, 6.07) is 5.95. The fraction of sp³-hybridized carbons (Fsp3) is 0.924. The molecule has 2 atom stereocenters. The van der Waals surface area contributed by atoms with Crippen molar-refractivity contribution in [1.82, 2.24) is 0 Å². The second-order valence-electron chi connectivity index (χ2n) is 27.0. The van der Waals surface area contributed by atoms with Crippen LogP contribution in [0.2, 0.25) is 0 Å². The smallest absolute Gasteiger partial charge is 0.128 e. The molecule has 0 aromatic heterocycles. The lowest BCUT2D eigenvalue weighted by Crippen LogP contribution is -2.11. The first-order chi connectivity index (χ1) is 41.7. The van der Waals surface area contributed by atoms with Gasteiger partial charge in [-0.3, -0.25) is 0 Å². The lowest BCUT2D eigenvalue weighted by molar-refractivity contribution is 0.0878. The van der Waals surface area contributed by atoms with Gasteiger partial charge in [0.2, 0.25) is 0 Å². The maximum Gasteiger partial charge on any atom is 0.128 e. The lowest BCUT2D eigenvalue weighted by atomic mass is 9.94. The first-order valence-electron chi connectivity index (χ1n) is 38.8. The van der Waals surface area contributed by atoms with Crippen molar-refractivity contribution in [1.29, 1.82) is 0 Å². The SMILES string of the molecule is CCCCCCCCCCCCC(CCCCCCCCCC)COCCCCCCCCCCCCOc1ccc(CO)c(OCCCCCCCCCCCCOCC(CCCCCCCCCC)CCCCCCCCCCCC)c1. The van der Waals surface area contributed by atoms with Gasteiger partial charge in [-0.25, -0.2) is 0 Å². The second kappa shape index (κ2) is 69.2. The zero-order valence-electron chi connectivity index (χ0n) is 57.8. The van der Waals surface area contributed by atoms with Crippen LogP contribution in [0.4, 0.5) is 0 Å². The predicted molar refractivity (Wildman–Crippen MR) is 372 cm³/mol. The van der Waals surface area contributed by atoms with Gasteiger partial charge in [-0.2, -0.15) is 0 Å². The van der Waals surface area contributed by atoms with E-state index in [2.05, 4.69) is 27.7 Å². The van der Waals surface area contributed by atoms with Gasteiger partial charge in [0.1, 0.15) is 11.5 Å². The molecule has 84 heavy (non-hydrogen) atoms. The molecule has 0 aliphatic heterocycles. The Balaban J connectivity index is 2.10. The summed E-state index contributed by atoms with van der Waals surface area (Å²) in [6.07, 6.45) is 82.5. The molecule has 0 radical (unpaired) electrons. The van der Waals surface area contributed by atoms with E-state index in [0.29, 0.717) is 6.61 Å². The van der Waals surface area contributed by atoms with E-state index in [0.717, 1.165) is 74.8 Å². The van der Waals surface area contributed by atoms with Gasteiger partial charge in [0.25, 0.3) is 0 Å². The van der Waals surface area contributed by atoms with Crippen molar-refractivity contribution in [2.75, 3.05) is 39.6 Å². The largest absolute Gasteiger partial charge is 0.493 e. The van der Waals surface area contributed by atoms with Crippen LogP contribution in [0.25, 0.3) is 0 Å². The average molecular weight is 1180 g/mol. The van der Waals surface area contributed by atoms with Crippen molar-refractivity contribution >= 4 is 0 Å². The van der Waals surface area contributed by atoms with Crippen molar-refractivity contribution in [3.8, 4) is 11.5 Å². The Bertz CT molecular complexity index is 1370. The number of hydrogen-bond acceptors (Lipinski definition) is 5. The summed E-state index contributed by atoms with van der Waals surface area (Å²) < 4.78 is 25.1. The quantitative estimate of drug-likeness (QED) is 0.0659. The van der Waals surface area contributed by atoms with E-state index < -0.39 is 0 Å². The number of rotatable bonds is 73. The van der Waals surface area contributed by atoms with Crippen molar-refractivity contribution in [2.45, 2.75) is 420 Å². The van der Waals surface area contributed by atoms with Crippen LogP contribution in [0, 0.1) is 11.8 Å². The monoisotopic (exact) mass is 1180 g/mol. The molecule has 0 saturated carbocycles. The predicted octanol–water partition coefficient (Wildman–Crippen LogP) is 26.7. The third kappa shape index (κ3) is 58.4. The molecule has 1 aromatic rings. The second-order valence-corrected chi connectivity index (χ2v) is 27.0. The highest BCUT2D eigenvalue weighted by Gasteiger charge is 2.12. The van der Waals surface area contributed by atoms with E-state index in [4.69, 9.17) is 18.9 Å². The van der Waals surface area contributed by atoms with Crippen LogP contribution in [0.15, 0.2) is 18.2 Å². The minimum absolute atomic E-state index is 0.00418. The molecule has 1 aromatic carbocycles. The van der Waals surface area contributed by atoms with Crippen LogP contribution in [-0.4, -0.2) is 44.7 Å². The summed E-state index contributed by atoms with van der Waals surface area (Å²) >= 11 is 0. The number of aliphatic hydroxyl groups excluding tert-OH is 1. The lowest BCUT2D eigenvalue weighted by Gasteiger charge is -2.17. The first-order valence-corrected chi connectivity index (χ1v) is 38.8. The summed E-state index contributed by atoms with van der Waals surface area (Å²) in [5, 5.41) is 9.99. The summed E-state index contributed by atoms with van der Waals surface area (Å²) in [5.41, 5.74) is 0.850. The summed E-state index contributed by atoms with van der Waals surface area (Å²) in [4.78, 5) is 0. The summed E-state index contributed by atoms with van der Waals surface area (Å²) in [6.45, 7) is 14.6. The van der Waals surface area contributed by atoms with Gasteiger partial charge in [-0.05, 0) is 75.3 Å². The maximum atomic E-state index is 9.99. The van der Waals surface area contributed by atoms with Crippen LogP contribution in [-0.2, 0) is 16.1 Å². The molecule has 0 aliphatic carbocycles. The van der Waals surface area contributed by atoms with Gasteiger partial charge in [-0.1, -0.05) is 362 Å². The molecule has 0 saturated heterocycles. The van der Waals surface area contributed by atoms with Crippen LogP contribution < -0.4 is 9.47 Å². The third-order valence-electron chi connectivity index (χ3n) is 18.7. The molecular weight excluding hydrogens is 1030 g/mol. The molecule has 0 fully saturated rings. The van der Waals surface area contributed by atoms with E-state index in [-0.39, 0.29) is 6.61 Å². The van der Waals surface area contributed by atoms with E-state index in [1.165, 1.54) is 372 Å². The van der Waals surface area contributed by atoms with E-state index in [9.17, 15) is 5.11 Å². The van der Waals surface area contributed by atoms with Gasteiger partial charge >= 0.3 is 0 Å². The topological polar surface area (TPSA) is 57.2 Å². The zero-order chi connectivity index (χ0) is 60.2. The van der Waals surface area contributed by atoms with E-state index in [1.807, 2.05) is 18.2 Å². The van der Waals surface area contributed by atoms with Crippen molar-refractivity contribution in [3.05, 3.63) is 23.8 Å². The van der Waals surface area contributed by atoms with Crippen molar-refractivity contribution in [2.24, 2.45) is 11.8 Å². The standard InChI is InChI=1S/C79H152O5/c1-5-9-13-17-21-25-31-39-47-55-63-75(61-53-45-37-23-19-15-11-7-3)73-81-67-57-49-41-33-27-29-35-43-51-59-69-83-78-66-65-77(72-80)79(71-78)84-70-60-52-44-36-30-28-34-42-50-58-68-82-74-76(62-54-46-38-24-20-16-12-8-4)64-56-48-40-32-26-22-18-14-10-6-2/h65-66,71,75-76,80H,5-64,67-70,72-74H2,1-4H3. The highest BCUT2D eigenvalue weighted by molar-refractivity contribution is 5.40. The maximum absolute atomic E-state index is 9.99. The van der Waals surface area contributed by atoms with Crippen LogP contribution in [0.1, 0.15) is 419 Å². The summed E-state index contributed by atoms with van der Waals surface area (Å²) in [5.74, 6) is 3.19. The molecule has 0 amide bonds. The molecule has 1 rings (SSSR count). The Morgan fingerprint density at radius 1 is 0.274 bits per heavy atom. The fourth-order valence-electron chi connectivity index (χ4n) is 12.8. The van der Waals surface area contributed by atoms with Gasteiger partial charge < -0.3 is 24.1 Å². The van der Waals surface area contributed by atoms with Crippen LogP contribution in [0.3, 0.4) is 0 Å². The van der Waals surface area contributed by atoms with Gasteiger partial charge in [-0.15, -0.1) is 0 Å². The van der Waals surface area contributed by atoms with Crippen LogP contribution in [0.5, 0.6) is 11.5 Å². The zero-order valence-corrected chi connectivity index (χ0v) is 57.8. The Morgan fingerprint density at radius 3 is 0.786 bits per heavy atom. The molecule has 2 unspecified atom stereocenters. The minimum atomic E-state index is -0.00418. The van der Waals surface area contributed by atoms with Crippen molar-refractivity contribution < 1.29 is 24.1 Å². The molecule has 498 valence electrons. The molecule has 1 N–H and O–H groups in total. The van der Waals surface area contributed by atoms with E-state index in [1.54, 1.807) is 0 Å². The van der Waals surface area contributed by atoms with Gasteiger partial charge in [0.15, 0.2) is 0 Å². The minimum Gasteiger partial charge on any atom is -0.493 e. The highest BCUT2D eigenvalue weighted by Crippen LogP contribution is 2.27. The number of benzene rings is 1. The Labute approximate surface area is 527 Å². The van der Waals surface area contributed by atoms with Gasteiger partial charge in [0, 0.05) is 38.1 Å². The molecular formula is C79H152O5. The van der Waals surface area contributed by atoms with Crippen LogP contribution >= 0.6 is 0 Å². The first kappa shape index (κ1) is 80.7. The Kier molecular flexibility index (Phi) is 66.5. The number of hydrogen-bond donors (Lipinski definition) is 1. The number of aliphatic hydroxyl groups is 1. The van der Waals surface area contributed by atoms with E-state index >= 15 is 0 Å². The highest BCUT2D eigenvalue weighted by atomic mass is 16.5.